The number of carbonyl (C=O) groups excluding carboxylic acids is 1. The lowest BCUT2D eigenvalue weighted by atomic mass is 9.92. The average molecular weight is 374 g/mol. The summed E-state index contributed by atoms with van der Waals surface area (Å²) in [4.78, 5) is 14.4. The molecule has 1 aliphatic rings. The molecule has 23 heavy (non-hydrogen) atoms. The van der Waals surface area contributed by atoms with Crippen molar-refractivity contribution in [1.82, 2.24) is 4.90 Å². The van der Waals surface area contributed by atoms with Crippen LogP contribution in [0.4, 0.5) is 0 Å². The van der Waals surface area contributed by atoms with Gasteiger partial charge in [-0.3, -0.25) is 4.90 Å². The number of methoxy groups -OCH3 is 1. The molecule has 0 bridgehead atoms. The number of esters is 1. The fourth-order valence-electron chi connectivity index (χ4n) is 3.18. The maximum Gasteiger partial charge on any atom is 0.338 e. The van der Waals surface area contributed by atoms with Gasteiger partial charge in [0, 0.05) is 25.0 Å². The Morgan fingerprint density at radius 3 is 2.70 bits per heavy atom. The summed E-state index contributed by atoms with van der Waals surface area (Å²) in [5.74, 6) is -0.262. The molecule has 120 valence electrons. The molecule has 3 rings (SSSR count). The van der Waals surface area contributed by atoms with Crippen molar-refractivity contribution in [3.8, 4) is 0 Å². The standard InChI is InChI=1S/C19H20BrNO2/c1-23-19(22)16-8-7-15-9-10-21(13-18(15)17(16)11-20)12-14-5-3-2-4-6-14/h2-8H,9-13H2,1H3. The highest BCUT2D eigenvalue weighted by atomic mass is 79.9. The fourth-order valence-corrected chi connectivity index (χ4v) is 3.82. The van der Waals surface area contributed by atoms with E-state index in [4.69, 9.17) is 4.74 Å². The quantitative estimate of drug-likeness (QED) is 0.600. The highest BCUT2D eigenvalue weighted by Crippen LogP contribution is 2.28. The van der Waals surface area contributed by atoms with Gasteiger partial charge < -0.3 is 4.74 Å². The third-order valence-corrected chi connectivity index (χ3v) is 4.96. The lowest BCUT2D eigenvalue weighted by molar-refractivity contribution is 0.0599. The van der Waals surface area contributed by atoms with Crippen LogP contribution in [0.15, 0.2) is 42.5 Å². The summed E-state index contributed by atoms with van der Waals surface area (Å²) in [6.45, 7) is 2.85. The average Bonchev–Trinajstić information content (AvgIpc) is 2.60. The molecule has 4 heteroatoms. The minimum Gasteiger partial charge on any atom is -0.465 e. The first-order valence-electron chi connectivity index (χ1n) is 7.77. The van der Waals surface area contributed by atoms with Crippen molar-refractivity contribution in [3.63, 3.8) is 0 Å². The molecule has 1 aliphatic heterocycles. The molecule has 2 aromatic carbocycles. The van der Waals surface area contributed by atoms with Gasteiger partial charge in [-0.25, -0.2) is 4.79 Å². The van der Waals surface area contributed by atoms with E-state index in [9.17, 15) is 4.79 Å². The summed E-state index contributed by atoms with van der Waals surface area (Å²) in [5, 5.41) is 0.666. The van der Waals surface area contributed by atoms with Gasteiger partial charge in [0.15, 0.2) is 0 Å². The van der Waals surface area contributed by atoms with Crippen molar-refractivity contribution in [3.05, 3.63) is 70.3 Å². The second-order valence-electron chi connectivity index (χ2n) is 5.80. The number of rotatable bonds is 4. The Labute approximate surface area is 145 Å². The first-order chi connectivity index (χ1) is 11.2. The van der Waals surface area contributed by atoms with Gasteiger partial charge in [-0.15, -0.1) is 0 Å². The number of ether oxygens (including phenoxy) is 1. The van der Waals surface area contributed by atoms with Gasteiger partial charge in [0.05, 0.1) is 12.7 Å². The van der Waals surface area contributed by atoms with Crippen LogP contribution in [0.2, 0.25) is 0 Å². The van der Waals surface area contributed by atoms with Crippen LogP contribution >= 0.6 is 15.9 Å². The predicted molar refractivity (Wildman–Crippen MR) is 94.7 cm³/mol. The largest absolute Gasteiger partial charge is 0.465 e. The zero-order valence-electron chi connectivity index (χ0n) is 13.2. The molecule has 0 aliphatic carbocycles. The molecule has 0 fully saturated rings. The van der Waals surface area contributed by atoms with E-state index in [2.05, 4.69) is 51.2 Å². The van der Waals surface area contributed by atoms with Gasteiger partial charge in [-0.2, -0.15) is 0 Å². The number of nitrogens with zero attached hydrogens (tertiary/aromatic N) is 1. The SMILES string of the molecule is COC(=O)c1ccc2c(c1CBr)CN(Cc1ccccc1)CC2. The fraction of sp³-hybridized carbons (Fsp3) is 0.316. The Kier molecular flexibility index (Phi) is 5.13. The second-order valence-corrected chi connectivity index (χ2v) is 6.36. The molecule has 3 nitrogen and oxygen atoms in total. The topological polar surface area (TPSA) is 29.5 Å². The van der Waals surface area contributed by atoms with Gasteiger partial charge in [0.2, 0.25) is 0 Å². The number of fused-ring (bicyclic) bond motifs is 1. The van der Waals surface area contributed by atoms with E-state index in [0.717, 1.165) is 31.6 Å². The molecule has 0 aromatic heterocycles. The zero-order chi connectivity index (χ0) is 16.2. The molecule has 0 saturated carbocycles. The maximum atomic E-state index is 12.0. The van der Waals surface area contributed by atoms with E-state index in [1.807, 2.05) is 12.1 Å². The number of halogens is 1. The third kappa shape index (κ3) is 3.48. The minimum atomic E-state index is -0.262. The summed E-state index contributed by atoms with van der Waals surface area (Å²) in [5.41, 5.74) is 5.67. The summed E-state index contributed by atoms with van der Waals surface area (Å²) < 4.78 is 4.92. The maximum absolute atomic E-state index is 12.0. The molecular weight excluding hydrogens is 354 g/mol. The lowest BCUT2D eigenvalue weighted by Crippen LogP contribution is -2.31. The Bertz CT molecular complexity index is 700. The molecule has 0 amide bonds. The molecule has 0 spiro atoms. The summed E-state index contributed by atoms with van der Waals surface area (Å²) in [6, 6.07) is 14.5. The Morgan fingerprint density at radius 1 is 1.22 bits per heavy atom. The summed E-state index contributed by atoms with van der Waals surface area (Å²) in [7, 11) is 1.43. The molecule has 0 saturated heterocycles. The van der Waals surface area contributed by atoms with Crippen LogP contribution in [-0.4, -0.2) is 24.5 Å². The number of benzene rings is 2. The predicted octanol–water partition coefficient (Wildman–Crippen LogP) is 3.93. The van der Waals surface area contributed by atoms with Crippen LogP contribution < -0.4 is 0 Å². The van der Waals surface area contributed by atoms with E-state index in [1.54, 1.807) is 0 Å². The van der Waals surface area contributed by atoms with Gasteiger partial charge in [0.25, 0.3) is 0 Å². The van der Waals surface area contributed by atoms with Crippen molar-refractivity contribution in [2.24, 2.45) is 0 Å². The Morgan fingerprint density at radius 2 is 2.00 bits per heavy atom. The van der Waals surface area contributed by atoms with Gasteiger partial charge in [-0.1, -0.05) is 52.3 Å². The summed E-state index contributed by atoms with van der Waals surface area (Å²) in [6.07, 6.45) is 1.02. The first-order valence-corrected chi connectivity index (χ1v) is 8.89. The second kappa shape index (κ2) is 7.28. The molecule has 1 heterocycles. The van der Waals surface area contributed by atoms with Crippen LogP contribution in [0.1, 0.15) is 32.6 Å². The van der Waals surface area contributed by atoms with Crippen molar-refractivity contribution in [1.29, 1.82) is 0 Å². The summed E-state index contributed by atoms with van der Waals surface area (Å²) >= 11 is 3.55. The van der Waals surface area contributed by atoms with E-state index in [-0.39, 0.29) is 5.97 Å². The van der Waals surface area contributed by atoms with Gasteiger partial charge in [-0.05, 0) is 34.7 Å². The van der Waals surface area contributed by atoms with Crippen LogP contribution in [0, 0.1) is 0 Å². The number of hydrogen-bond acceptors (Lipinski definition) is 3. The molecule has 0 radical (unpaired) electrons. The van der Waals surface area contributed by atoms with E-state index in [1.165, 1.54) is 23.8 Å². The van der Waals surface area contributed by atoms with Crippen molar-refractivity contribution in [2.75, 3.05) is 13.7 Å². The molecule has 0 atom stereocenters. The van der Waals surface area contributed by atoms with E-state index < -0.39 is 0 Å². The van der Waals surface area contributed by atoms with Crippen LogP contribution in [0.3, 0.4) is 0 Å². The molecule has 2 aromatic rings. The van der Waals surface area contributed by atoms with Crippen molar-refractivity contribution < 1.29 is 9.53 Å². The Balaban J connectivity index is 1.87. The molecule has 0 N–H and O–H groups in total. The first kappa shape index (κ1) is 16.2. The third-order valence-electron chi connectivity index (χ3n) is 4.40. The van der Waals surface area contributed by atoms with Crippen LogP contribution in [-0.2, 0) is 29.6 Å². The zero-order valence-corrected chi connectivity index (χ0v) is 14.8. The number of hydrogen-bond donors (Lipinski definition) is 0. The van der Waals surface area contributed by atoms with Crippen LogP contribution in [0.5, 0.6) is 0 Å². The monoisotopic (exact) mass is 373 g/mol. The molecule has 0 unspecified atom stereocenters. The van der Waals surface area contributed by atoms with E-state index in [0.29, 0.717) is 10.9 Å². The number of carbonyl (C=O) groups is 1. The van der Waals surface area contributed by atoms with Crippen molar-refractivity contribution >= 4 is 21.9 Å². The number of alkyl halides is 1. The normalized spacial score (nSPS) is 14.3. The van der Waals surface area contributed by atoms with E-state index >= 15 is 0 Å². The lowest BCUT2D eigenvalue weighted by Gasteiger charge is -2.30. The Hall–Kier alpha value is -1.65. The van der Waals surface area contributed by atoms with Crippen LogP contribution in [0.25, 0.3) is 0 Å². The van der Waals surface area contributed by atoms with Gasteiger partial charge in [0.1, 0.15) is 0 Å². The van der Waals surface area contributed by atoms with Gasteiger partial charge >= 0.3 is 5.97 Å². The highest BCUT2D eigenvalue weighted by molar-refractivity contribution is 9.08. The highest BCUT2D eigenvalue weighted by Gasteiger charge is 2.23. The van der Waals surface area contributed by atoms with Crippen molar-refractivity contribution in [2.45, 2.75) is 24.8 Å². The smallest absolute Gasteiger partial charge is 0.338 e. The minimum absolute atomic E-state index is 0.262. The molecular formula is C19H20BrNO2.